The van der Waals surface area contributed by atoms with E-state index in [4.69, 9.17) is 4.79 Å². The molecular formula is C9H21NO. The number of nitrogens with one attached hydrogen (secondary N) is 1. The normalized spacial score (nSPS) is 7.91. The Bertz CT molecular complexity index is 60.6. The quantitative estimate of drug-likeness (QED) is 0.484. The van der Waals surface area contributed by atoms with E-state index in [0.29, 0.717) is 6.41 Å². The first-order chi connectivity index (χ1) is 5.33. The van der Waals surface area contributed by atoms with Crippen molar-refractivity contribution in [2.45, 2.75) is 46.0 Å². The molecule has 0 spiro atoms. The molecule has 0 aromatic heterocycles. The molecule has 1 amide bonds. The molecule has 2 heteroatoms. The fraction of sp³-hybridized carbons (Fsp3) is 0.889. The molecule has 0 aromatic rings. The van der Waals surface area contributed by atoms with E-state index in [1.807, 2.05) is 0 Å². The van der Waals surface area contributed by atoms with Crippen LogP contribution in [0.15, 0.2) is 0 Å². The Kier molecular flexibility index (Phi) is 19.3. The van der Waals surface area contributed by atoms with Gasteiger partial charge in [-0.3, -0.25) is 4.79 Å². The lowest BCUT2D eigenvalue weighted by atomic mass is 10.2. The molecule has 0 aliphatic rings. The summed E-state index contributed by atoms with van der Waals surface area (Å²) in [6.45, 7) is 4.49. The highest BCUT2D eigenvalue weighted by atomic mass is 16.1. The maximum atomic E-state index is 9.06. The van der Waals surface area contributed by atoms with Crippen molar-refractivity contribution >= 4 is 6.41 Å². The average molecular weight is 159 g/mol. The molecule has 0 bridgehead atoms. The summed E-state index contributed by atoms with van der Waals surface area (Å²) in [5.74, 6) is 0. The van der Waals surface area contributed by atoms with E-state index in [-0.39, 0.29) is 0 Å². The Morgan fingerprint density at radius 1 is 1.09 bits per heavy atom. The predicted molar refractivity (Wildman–Crippen MR) is 49.6 cm³/mol. The summed E-state index contributed by atoms with van der Waals surface area (Å²) < 4.78 is 0. The third-order valence-electron chi connectivity index (χ3n) is 1.32. The summed E-state index contributed by atoms with van der Waals surface area (Å²) in [5, 5.41) is 2.25. The van der Waals surface area contributed by atoms with Crippen LogP contribution in [0, 0.1) is 0 Å². The fourth-order valence-electron chi connectivity index (χ4n) is 0.677. The molecule has 0 atom stereocenters. The van der Waals surface area contributed by atoms with Crippen LogP contribution in [0.2, 0.25) is 0 Å². The number of hydrogen-bond donors (Lipinski definition) is 1. The first-order valence-electron chi connectivity index (χ1n) is 4.44. The van der Waals surface area contributed by atoms with Gasteiger partial charge >= 0.3 is 0 Å². The molecule has 0 unspecified atom stereocenters. The summed E-state index contributed by atoms with van der Waals surface area (Å²) in [6, 6.07) is 0. The second-order valence-electron chi connectivity index (χ2n) is 2.47. The van der Waals surface area contributed by atoms with Gasteiger partial charge < -0.3 is 5.32 Å². The average Bonchev–Trinajstić information content (AvgIpc) is 2.06. The molecule has 0 radical (unpaired) electrons. The van der Waals surface area contributed by atoms with Crippen molar-refractivity contribution in [3.05, 3.63) is 0 Å². The van der Waals surface area contributed by atoms with E-state index in [0.717, 1.165) is 0 Å². The van der Waals surface area contributed by atoms with Crippen molar-refractivity contribution in [1.29, 1.82) is 0 Å². The molecule has 0 aliphatic carbocycles. The molecule has 1 N–H and O–H groups in total. The summed E-state index contributed by atoms with van der Waals surface area (Å²) in [4.78, 5) is 9.06. The summed E-state index contributed by atoms with van der Waals surface area (Å²) in [7, 11) is 1.56. The highest BCUT2D eigenvalue weighted by Crippen LogP contribution is 2.00. The van der Waals surface area contributed by atoms with Crippen LogP contribution in [-0.4, -0.2) is 13.5 Å². The number of hydrogen-bond acceptors (Lipinski definition) is 1. The van der Waals surface area contributed by atoms with Gasteiger partial charge in [0, 0.05) is 7.05 Å². The van der Waals surface area contributed by atoms with Crippen molar-refractivity contribution in [1.82, 2.24) is 5.32 Å². The van der Waals surface area contributed by atoms with Crippen LogP contribution in [0.4, 0.5) is 0 Å². The Labute approximate surface area is 70.4 Å². The van der Waals surface area contributed by atoms with Gasteiger partial charge in [-0.1, -0.05) is 46.0 Å². The van der Waals surface area contributed by atoms with Crippen molar-refractivity contribution in [3.63, 3.8) is 0 Å². The van der Waals surface area contributed by atoms with Crippen LogP contribution in [0.25, 0.3) is 0 Å². The van der Waals surface area contributed by atoms with Crippen LogP contribution < -0.4 is 5.32 Å². The van der Waals surface area contributed by atoms with Gasteiger partial charge in [0.05, 0.1) is 0 Å². The lowest BCUT2D eigenvalue weighted by Gasteiger charge is -1.90. The molecule has 2 nitrogen and oxygen atoms in total. The monoisotopic (exact) mass is 159 g/mol. The highest BCUT2D eigenvalue weighted by molar-refractivity contribution is 5.44. The van der Waals surface area contributed by atoms with E-state index < -0.39 is 0 Å². The van der Waals surface area contributed by atoms with E-state index >= 15 is 0 Å². The predicted octanol–water partition coefficient (Wildman–Crippen LogP) is 2.34. The van der Waals surface area contributed by atoms with Gasteiger partial charge in [-0.2, -0.15) is 0 Å². The largest absolute Gasteiger partial charge is 0.362 e. The third kappa shape index (κ3) is 26.4. The number of carbonyl (C=O) groups excluding carboxylic acids is 1. The van der Waals surface area contributed by atoms with Gasteiger partial charge in [-0.05, 0) is 0 Å². The van der Waals surface area contributed by atoms with Crippen LogP contribution >= 0.6 is 0 Å². The number of carbonyl (C=O) groups is 1. The molecular weight excluding hydrogens is 138 g/mol. The second-order valence-corrected chi connectivity index (χ2v) is 2.47. The Morgan fingerprint density at radius 3 is 1.64 bits per heavy atom. The minimum atomic E-state index is 0.625. The van der Waals surface area contributed by atoms with Crippen molar-refractivity contribution in [2.75, 3.05) is 7.05 Å². The van der Waals surface area contributed by atoms with Gasteiger partial charge in [0.2, 0.25) is 6.41 Å². The molecule has 0 saturated carbocycles. The Balaban J connectivity index is 0. The van der Waals surface area contributed by atoms with Crippen LogP contribution in [0.1, 0.15) is 46.0 Å². The molecule has 68 valence electrons. The van der Waals surface area contributed by atoms with Crippen LogP contribution in [0.5, 0.6) is 0 Å². The van der Waals surface area contributed by atoms with Gasteiger partial charge in [0.15, 0.2) is 0 Å². The maximum Gasteiger partial charge on any atom is 0.206 e. The van der Waals surface area contributed by atoms with Gasteiger partial charge in [0.1, 0.15) is 0 Å². The van der Waals surface area contributed by atoms with Gasteiger partial charge in [-0.25, -0.2) is 0 Å². The molecule has 0 heterocycles. The molecule has 0 aromatic carbocycles. The van der Waals surface area contributed by atoms with E-state index in [1.54, 1.807) is 7.05 Å². The number of unbranched alkanes of at least 4 members (excludes halogenated alkanes) is 4. The van der Waals surface area contributed by atoms with E-state index in [2.05, 4.69) is 19.2 Å². The third-order valence-corrected chi connectivity index (χ3v) is 1.32. The number of rotatable bonds is 5. The zero-order valence-corrected chi connectivity index (χ0v) is 8.02. The standard InChI is InChI=1S/C7H16.C2H5NO/c1-3-5-7-6-4-2;1-3-2-4/h3-7H2,1-2H3;2H,1H3,(H,3,4). The van der Waals surface area contributed by atoms with E-state index in [1.165, 1.54) is 32.1 Å². The zero-order valence-electron chi connectivity index (χ0n) is 8.02. The SMILES string of the molecule is CCCCCCC.CNC=O. The van der Waals surface area contributed by atoms with E-state index in [9.17, 15) is 0 Å². The summed E-state index contributed by atoms with van der Waals surface area (Å²) in [6.07, 6.45) is 7.63. The summed E-state index contributed by atoms with van der Waals surface area (Å²) >= 11 is 0. The lowest BCUT2D eigenvalue weighted by molar-refractivity contribution is -0.109. The summed E-state index contributed by atoms with van der Waals surface area (Å²) in [5.41, 5.74) is 0. The topological polar surface area (TPSA) is 29.1 Å². The van der Waals surface area contributed by atoms with Crippen LogP contribution in [0.3, 0.4) is 0 Å². The molecule has 0 rings (SSSR count). The molecule has 0 aliphatic heterocycles. The van der Waals surface area contributed by atoms with Gasteiger partial charge in [0.25, 0.3) is 0 Å². The molecule has 0 fully saturated rings. The zero-order chi connectivity index (χ0) is 8.95. The maximum absolute atomic E-state index is 9.06. The lowest BCUT2D eigenvalue weighted by Crippen LogP contribution is -1.98. The second kappa shape index (κ2) is 16.2. The van der Waals surface area contributed by atoms with Crippen LogP contribution in [-0.2, 0) is 4.79 Å². The number of amides is 1. The minimum Gasteiger partial charge on any atom is -0.362 e. The first-order valence-corrected chi connectivity index (χ1v) is 4.44. The van der Waals surface area contributed by atoms with Crippen molar-refractivity contribution < 1.29 is 4.79 Å². The Morgan fingerprint density at radius 2 is 1.45 bits per heavy atom. The van der Waals surface area contributed by atoms with Crippen molar-refractivity contribution in [3.8, 4) is 0 Å². The molecule has 0 saturated heterocycles. The van der Waals surface area contributed by atoms with Gasteiger partial charge in [-0.15, -0.1) is 0 Å². The molecule has 11 heavy (non-hydrogen) atoms. The Hall–Kier alpha value is -0.530. The first kappa shape index (κ1) is 13.1. The van der Waals surface area contributed by atoms with Crippen molar-refractivity contribution in [2.24, 2.45) is 0 Å². The fourth-order valence-corrected chi connectivity index (χ4v) is 0.677. The minimum absolute atomic E-state index is 0.625. The highest BCUT2D eigenvalue weighted by Gasteiger charge is 1.80. The smallest absolute Gasteiger partial charge is 0.206 e.